The number of aromatic amines is 1. The molecule has 3 aliphatic rings. The number of aryl methyl sites for hydroxylation is 1. The van der Waals surface area contributed by atoms with Crippen LogP contribution >= 0.6 is 0 Å². The third kappa shape index (κ3) is 3.07. The second-order valence-corrected chi connectivity index (χ2v) is 9.63. The summed E-state index contributed by atoms with van der Waals surface area (Å²) in [5.41, 5.74) is 2.80. The van der Waals surface area contributed by atoms with E-state index in [0.717, 1.165) is 34.3 Å². The molecule has 0 spiro atoms. The first-order valence-electron chi connectivity index (χ1n) is 11.5. The molecule has 2 unspecified atom stereocenters. The van der Waals surface area contributed by atoms with E-state index in [0.29, 0.717) is 34.7 Å². The quantitative estimate of drug-likeness (QED) is 0.383. The van der Waals surface area contributed by atoms with Gasteiger partial charge in [0.25, 0.3) is 0 Å². The number of halogens is 2. The van der Waals surface area contributed by atoms with Crippen molar-refractivity contribution in [2.45, 2.75) is 45.6 Å². The molecule has 4 aromatic rings. The van der Waals surface area contributed by atoms with Crippen molar-refractivity contribution >= 4 is 27.6 Å². The summed E-state index contributed by atoms with van der Waals surface area (Å²) >= 11 is 0. The molecule has 164 valence electrons. The first-order valence-corrected chi connectivity index (χ1v) is 11.5. The van der Waals surface area contributed by atoms with Gasteiger partial charge in [-0.1, -0.05) is 13.0 Å². The van der Waals surface area contributed by atoms with Gasteiger partial charge in [-0.05, 0) is 74.1 Å². The van der Waals surface area contributed by atoms with Gasteiger partial charge in [-0.25, -0.2) is 18.7 Å². The van der Waals surface area contributed by atoms with Gasteiger partial charge >= 0.3 is 0 Å². The molecular formula is C26H26F2N4. The zero-order valence-corrected chi connectivity index (χ0v) is 18.3. The first-order chi connectivity index (χ1) is 15.5. The van der Waals surface area contributed by atoms with E-state index in [-0.39, 0.29) is 5.52 Å². The highest BCUT2D eigenvalue weighted by Crippen LogP contribution is 2.46. The Morgan fingerprint density at radius 2 is 1.75 bits per heavy atom. The molecule has 2 aromatic carbocycles. The van der Waals surface area contributed by atoms with Crippen LogP contribution in [0.4, 0.5) is 14.6 Å². The van der Waals surface area contributed by atoms with E-state index in [9.17, 15) is 8.78 Å². The number of benzene rings is 2. The van der Waals surface area contributed by atoms with Crippen LogP contribution in [0.25, 0.3) is 33.2 Å². The number of hydrogen-bond donors (Lipinski definition) is 2. The molecule has 0 aliphatic heterocycles. The molecule has 0 saturated heterocycles. The molecule has 2 N–H and O–H groups in total. The van der Waals surface area contributed by atoms with E-state index >= 15 is 0 Å². The SMILES string of the molecule is Cc1ccc2c(NC3C4CCC(CC4)C3C)nc(-c3c[nH]c4c(F)cc(F)cc34)nc2c1. The van der Waals surface area contributed by atoms with Crippen LogP contribution in [0.1, 0.15) is 38.2 Å². The zero-order chi connectivity index (χ0) is 22.0. The van der Waals surface area contributed by atoms with Crippen LogP contribution in [0, 0.1) is 36.3 Å². The Hall–Kier alpha value is -3.02. The third-order valence-corrected chi connectivity index (χ3v) is 7.74. The smallest absolute Gasteiger partial charge is 0.164 e. The average Bonchev–Trinajstić information content (AvgIpc) is 3.20. The predicted molar refractivity (Wildman–Crippen MR) is 124 cm³/mol. The Morgan fingerprint density at radius 1 is 0.969 bits per heavy atom. The minimum absolute atomic E-state index is 0.266. The summed E-state index contributed by atoms with van der Waals surface area (Å²) < 4.78 is 28.3. The van der Waals surface area contributed by atoms with Crippen molar-refractivity contribution in [2.75, 3.05) is 5.32 Å². The van der Waals surface area contributed by atoms with Gasteiger partial charge in [0, 0.05) is 34.6 Å². The second kappa shape index (κ2) is 7.26. The van der Waals surface area contributed by atoms with Crippen LogP contribution in [-0.4, -0.2) is 21.0 Å². The summed E-state index contributed by atoms with van der Waals surface area (Å²) in [6.07, 6.45) is 6.85. The summed E-state index contributed by atoms with van der Waals surface area (Å²) in [6.45, 7) is 4.39. The number of anilines is 1. The Balaban J connectivity index is 1.51. The topological polar surface area (TPSA) is 53.6 Å². The van der Waals surface area contributed by atoms with E-state index in [1.54, 1.807) is 6.20 Å². The zero-order valence-electron chi connectivity index (χ0n) is 18.3. The maximum absolute atomic E-state index is 14.3. The summed E-state index contributed by atoms with van der Waals surface area (Å²) in [7, 11) is 0. The Bertz CT molecular complexity index is 1330. The lowest BCUT2D eigenvalue weighted by atomic mass is 9.62. The van der Waals surface area contributed by atoms with Crippen LogP contribution in [-0.2, 0) is 0 Å². The third-order valence-electron chi connectivity index (χ3n) is 7.74. The number of H-pyrrole nitrogens is 1. The molecule has 6 heteroatoms. The maximum atomic E-state index is 14.3. The van der Waals surface area contributed by atoms with Crippen LogP contribution < -0.4 is 5.32 Å². The monoisotopic (exact) mass is 432 g/mol. The number of nitrogens with zero attached hydrogens (tertiary/aromatic N) is 2. The van der Waals surface area contributed by atoms with Crippen LogP contribution in [0.3, 0.4) is 0 Å². The summed E-state index contributed by atoms with van der Waals surface area (Å²) in [6, 6.07) is 8.79. The van der Waals surface area contributed by atoms with Crippen LogP contribution in [0.15, 0.2) is 36.5 Å². The lowest BCUT2D eigenvalue weighted by Crippen LogP contribution is -2.47. The van der Waals surface area contributed by atoms with Crippen molar-refractivity contribution in [1.82, 2.24) is 15.0 Å². The fourth-order valence-electron chi connectivity index (χ4n) is 5.97. The molecule has 2 bridgehead atoms. The van der Waals surface area contributed by atoms with Gasteiger partial charge in [0.15, 0.2) is 5.82 Å². The van der Waals surface area contributed by atoms with Gasteiger partial charge in [-0.2, -0.15) is 0 Å². The van der Waals surface area contributed by atoms with Gasteiger partial charge < -0.3 is 10.3 Å². The molecule has 2 aromatic heterocycles. The van der Waals surface area contributed by atoms with Gasteiger partial charge in [-0.15, -0.1) is 0 Å². The molecule has 0 amide bonds. The molecule has 2 atom stereocenters. The van der Waals surface area contributed by atoms with Gasteiger partial charge in [0.2, 0.25) is 0 Å². The van der Waals surface area contributed by atoms with E-state index < -0.39 is 11.6 Å². The number of nitrogens with one attached hydrogen (secondary N) is 2. The fourth-order valence-corrected chi connectivity index (χ4v) is 5.97. The van der Waals surface area contributed by atoms with E-state index in [2.05, 4.69) is 29.4 Å². The summed E-state index contributed by atoms with van der Waals surface area (Å²) in [5.74, 6) is 2.07. The Morgan fingerprint density at radius 3 is 2.53 bits per heavy atom. The molecule has 3 fully saturated rings. The van der Waals surface area contributed by atoms with Gasteiger partial charge in [-0.3, -0.25) is 0 Å². The Labute approximate surface area is 185 Å². The molecule has 0 radical (unpaired) electrons. The largest absolute Gasteiger partial charge is 0.366 e. The van der Waals surface area contributed by atoms with Crippen LogP contribution in [0.5, 0.6) is 0 Å². The van der Waals surface area contributed by atoms with Crippen molar-refractivity contribution < 1.29 is 8.78 Å². The average molecular weight is 433 g/mol. The molecule has 4 nitrogen and oxygen atoms in total. The second-order valence-electron chi connectivity index (χ2n) is 9.63. The van der Waals surface area contributed by atoms with Crippen molar-refractivity contribution in [3.05, 3.63) is 53.7 Å². The van der Waals surface area contributed by atoms with E-state index in [1.807, 2.05) is 13.0 Å². The highest BCUT2D eigenvalue weighted by molar-refractivity contribution is 5.97. The normalized spacial score (nSPS) is 25.0. The minimum atomic E-state index is -0.617. The summed E-state index contributed by atoms with van der Waals surface area (Å²) in [4.78, 5) is 12.6. The van der Waals surface area contributed by atoms with E-state index in [4.69, 9.17) is 9.97 Å². The number of fused-ring (bicyclic) bond motifs is 5. The van der Waals surface area contributed by atoms with Gasteiger partial charge in [0.1, 0.15) is 17.5 Å². The van der Waals surface area contributed by atoms with Crippen molar-refractivity contribution in [1.29, 1.82) is 0 Å². The van der Waals surface area contributed by atoms with Crippen molar-refractivity contribution in [3.8, 4) is 11.4 Å². The molecule has 7 rings (SSSR count). The molecule has 2 heterocycles. The minimum Gasteiger partial charge on any atom is -0.366 e. The van der Waals surface area contributed by atoms with Crippen molar-refractivity contribution in [2.24, 2.45) is 17.8 Å². The predicted octanol–water partition coefficient (Wildman–Crippen LogP) is 6.60. The lowest BCUT2D eigenvalue weighted by molar-refractivity contribution is 0.0929. The standard InChI is InChI=1S/C26H26F2N4/c1-13-3-8-18-22(9-13)30-26(20-12-29-24-19(20)10-17(27)11-21(24)28)32-25(18)31-23-14(2)15-4-6-16(23)7-5-15/h3,8-12,14-16,23,29H,4-7H2,1-2H3,(H,30,31,32). The summed E-state index contributed by atoms with van der Waals surface area (Å²) in [5, 5.41) is 5.21. The molecule has 3 aliphatic carbocycles. The van der Waals surface area contributed by atoms with E-state index in [1.165, 1.54) is 31.7 Å². The maximum Gasteiger partial charge on any atom is 0.164 e. The highest BCUT2D eigenvalue weighted by atomic mass is 19.1. The van der Waals surface area contributed by atoms with Gasteiger partial charge in [0.05, 0.1) is 11.0 Å². The highest BCUT2D eigenvalue weighted by Gasteiger charge is 2.41. The van der Waals surface area contributed by atoms with Crippen molar-refractivity contribution in [3.63, 3.8) is 0 Å². The molecule has 3 saturated carbocycles. The number of hydrogen-bond acceptors (Lipinski definition) is 3. The van der Waals surface area contributed by atoms with Crippen LogP contribution in [0.2, 0.25) is 0 Å². The lowest BCUT2D eigenvalue weighted by Gasteiger charge is -2.47. The Kier molecular flexibility index (Phi) is 4.46. The molecule has 32 heavy (non-hydrogen) atoms. The molecular weight excluding hydrogens is 406 g/mol. The first kappa shape index (κ1) is 19.6. The fraction of sp³-hybridized carbons (Fsp3) is 0.385. The number of aromatic nitrogens is 3. The number of rotatable bonds is 3.